The van der Waals surface area contributed by atoms with E-state index in [9.17, 15) is 4.79 Å². The van der Waals surface area contributed by atoms with Gasteiger partial charge in [-0.1, -0.05) is 72.9 Å². The van der Waals surface area contributed by atoms with Crippen molar-refractivity contribution in [2.45, 2.75) is 54.1 Å². The maximum absolute atomic E-state index is 11.9. The summed E-state index contributed by atoms with van der Waals surface area (Å²) in [5.74, 6) is 0.319. The highest BCUT2D eigenvalue weighted by molar-refractivity contribution is 5.59. The van der Waals surface area contributed by atoms with Gasteiger partial charge in [-0.2, -0.15) is 4.79 Å². The van der Waals surface area contributed by atoms with Crippen molar-refractivity contribution in [3.8, 4) is 0 Å². The molecule has 0 saturated heterocycles. The molecule has 0 saturated carbocycles. The number of rotatable bonds is 7. The van der Waals surface area contributed by atoms with Gasteiger partial charge in [0.1, 0.15) is 6.10 Å². The summed E-state index contributed by atoms with van der Waals surface area (Å²) in [6.45, 7) is 19.5. The van der Waals surface area contributed by atoms with E-state index < -0.39 is 6.16 Å². The number of ether oxygens (including phenoxy) is 1. The van der Waals surface area contributed by atoms with Crippen molar-refractivity contribution in [1.29, 1.82) is 0 Å². The van der Waals surface area contributed by atoms with Crippen molar-refractivity contribution >= 4 is 6.16 Å². The third kappa shape index (κ3) is 10.4. The molecule has 0 aromatic heterocycles. The number of hydrogen-bond donors (Lipinski definition) is 0. The average Bonchev–Trinajstić information content (AvgIpc) is 2.38. The van der Waals surface area contributed by atoms with Crippen LogP contribution in [0.3, 0.4) is 0 Å². The van der Waals surface area contributed by atoms with Crippen molar-refractivity contribution in [2.75, 3.05) is 0 Å². The average molecular weight is 322 g/mol. The molecule has 0 N–H and O–H groups in total. The predicted molar refractivity (Wildman–Crippen MR) is 93.6 cm³/mol. The number of carbonyl (C=O) groups is 1. The molecule has 4 nitrogen and oxygen atoms in total. The molecule has 0 amide bonds. The Bertz CT molecular complexity index is 459. The summed E-state index contributed by atoms with van der Waals surface area (Å²) in [4.78, 5) is 21.6. The molecule has 0 aliphatic heterocycles. The maximum atomic E-state index is 11.9. The van der Waals surface area contributed by atoms with Crippen molar-refractivity contribution in [3.63, 3.8) is 0 Å². The van der Waals surface area contributed by atoms with Crippen molar-refractivity contribution in [3.05, 3.63) is 49.3 Å². The first-order valence-electron chi connectivity index (χ1n) is 7.66. The van der Waals surface area contributed by atoms with Gasteiger partial charge in [-0.3, -0.25) is 4.89 Å². The zero-order valence-corrected chi connectivity index (χ0v) is 15.2. The fourth-order valence-electron chi connectivity index (χ4n) is 1.69. The largest absolute Gasteiger partial charge is 0.550 e. The van der Waals surface area contributed by atoms with E-state index in [1.54, 1.807) is 24.3 Å². The summed E-state index contributed by atoms with van der Waals surface area (Å²) in [7, 11) is 0. The molecular formula is C19H30O4. The minimum Gasteiger partial charge on any atom is -0.428 e. The molecule has 0 aromatic carbocycles. The minimum absolute atomic E-state index is 0.0275. The molecule has 0 radical (unpaired) electrons. The van der Waals surface area contributed by atoms with E-state index in [0.717, 1.165) is 6.42 Å². The van der Waals surface area contributed by atoms with Crippen LogP contribution in [0.5, 0.6) is 0 Å². The van der Waals surface area contributed by atoms with Gasteiger partial charge >= 0.3 is 6.16 Å². The van der Waals surface area contributed by atoms with Crippen LogP contribution in [0.15, 0.2) is 49.3 Å². The highest BCUT2D eigenvalue weighted by Crippen LogP contribution is 2.33. The third-order valence-corrected chi connectivity index (χ3v) is 2.89. The molecule has 0 fully saturated rings. The second-order valence-corrected chi connectivity index (χ2v) is 7.55. The lowest BCUT2D eigenvalue weighted by molar-refractivity contribution is -0.226. The molecule has 130 valence electrons. The second-order valence-electron chi connectivity index (χ2n) is 7.55. The Kier molecular flexibility index (Phi) is 8.44. The summed E-state index contributed by atoms with van der Waals surface area (Å²) in [5, 5.41) is 0. The summed E-state index contributed by atoms with van der Waals surface area (Å²) >= 11 is 0. The molecule has 23 heavy (non-hydrogen) atoms. The fraction of sp³-hybridized carbons (Fsp3) is 0.526. The van der Waals surface area contributed by atoms with Crippen molar-refractivity contribution in [2.24, 2.45) is 10.8 Å². The lowest BCUT2D eigenvalue weighted by Gasteiger charge is -2.34. The van der Waals surface area contributed by atoms with Crippen LogP contribution < -0.4 is 0 Å². The van der Waals surface area contributed by atoms with E-state index in [0.29, 0.717) is 5.76 Å². The van der Waals surface area contributed by atoms with Gasteiger partial charge in [-0.05, 0) is 29.4 Å². The lowest BCUT2D eigenvalue weighted by atomic mass is 9.78. The Morgan fingerprint density at radius 3 is 2.09 bits per heavy atom. The first kappa shape index (κ1) is 21.0. The van der Waals surface area contributed by atoms with Gasteiger partial charge in [-0.25, -0.2) is 4.89 Å². The van der Waals surface area contributed by atoms with Gasteiger partial charge in [-0.15, -0.1) is 0 Å². The summed E-state index contributed by atoms with van der Waals surface area (Å²) in [5.41, 5.74) is -0.172. The molecule has 4 heteroatoms. The molecule has 0 aliphatic rings. The Balaban J connectivity index is 4.76. The Morgan fingerprint density at radius 2 is 1.65 bits per heavy atom. The van der Waals surface area contributed by atoms with Crippen LogP contribution in [-0.2, 0) is 14.5 Å². The van der Waals surface area contributed by atoms with E-state index in [-0.39, 0.29) is 16.9 Å². The summed E-state index contributed by atoms with van der Waals surface area (Å²) < 4.78 is 5.44. The quantitative estimate of drug-likeness (QED) is 0.197. The molecule has 1 atom stereocenters. The van der Waals surface area contributed by atoms with E-state index in [1.807, 2.05) is 20.8 Å². The van der Waals surface area contributed by atoms with Gasteiger partial charge in [0, 0.05) is 0 Å². The molecule has 0 heterocycles. The molecular weight excluding hydrogens is 292 g/mol. The van der Waals surface area contributed by atoms with Crippen LogP contribution in [0, 0.1) is 10.8 Å². The van der Waals surface area contributed by atoms with Gasteiger partial charge in [0.15, 0.2) is 5.76 Å². The topological polar surface area (TPSA) is 44.8 Å². The van der Waals surface area contributed by atoms with Crippen LogP contribution in [0.25, 0.3) is 0 Å². The van der Waals surface area contributed by atoms with Crippen molar-refractivity contribution in [1.82, 2.24) is 0 Å². The van der Waals surface area contributed by atoms with Crippen LogP contribution in [0.4, 0.5) is 4.79 Å². The number of allylic oxidation sites excluding steroid dienone is 5. The number of carbonyl (C=O) groups excluding carboxylic acids is 1. The smallest absolute Gasteiger partial charge is 0.428 e. The van der Waals surface area contributed by atoms with Gasteiger partial charge in [0.05, 0.1) is 0 Å². The van der Waals surface area contributed by atoms with Crippen LogP contribution >= 0.6 is 0 Å². The van der Waals surface area contributed by atoms with Crippen LogP contribution in [0.1, 0.15) is 48.0 Å². The van der Waals surface area contributed by atoms with Gasteiger partial charge in [0.2, 0.25) is 0 Å². The molecule has 1 unspecified atom stereocenters. The zero-order valence-electron chi connectivity index (χ0n) is 15.2. The van der Waals surface area contributed by atoms with Gasteiger partial charge < -0.3 is 4.74 Å². The number of hydrogen-bond acceptors (Lipinski definition) is 4. The molecule has 0 spiro atoms. The Hall–Kier alpha value is -1.97. The lowest BCUT2D eigenvalue weighted by Crippen LogP contribution is -2.35. The van der Waals surface area contributed by atoms with Crippen LogP contribution in [-0.4, -0.2) is 12.3 Å². The standard InChI is InChI=1S/C19H30O4/c1-9-11-13-15(12-10-2)22-23-17(20)21-16(19(6,7)8)14-18(3,4)5/h9-13,16H,1-2,14H2,3-8H3/b13-11-,15-12+. The maximum Gasteiger partial charge on any atom is 0.550 e. The van der Waals surface area contributed by atoms with Crippen LogP contribution in [0.2, 0.25) is 0 Å². The van der Waals surface area contributed by atoms with E-state index in [1.165, 1.54) is 6.08 Å². The summed E-state index contributed by atoms with van der Waals surface area (Å²) in [6.07, 6.45) is 7.48. The Labute approximate surface area is 140 Å². The third-order valence-electron chi connectivity index (χ3n) is 2.89. The SMILES string of the molecule is C=C/C=C\C(=C/C=C)OOC(=O)OC(CC(C)(C)C)C(C)(C)C. The summed E-state index contributed by atoms with van der Waals surface area (Å²) in [6, 6.07) is 0. The van der Waals surface area contributed by atoms with Gasteiger partial charge in [0.25, 0.3) is 0 Å². The highest BCUT2D eigenvalue weighted by atomic mass is 17.2. The molecule has 0 aliphatic carbocycles. The van der Waals surface area contributed by atoms with E-state index in [2.05, 4.69) is 33.9 Å². The Morgan fingerprint density at radius 1 is 1.04 bits per heavy atom. The minimum atomic E-state index is -0.865. The van der Waals surface area contributed by atoms with E-state index >= 15 is 0 Å². The normalized spacial score (nSPS) is 14.3. The second kappa shape index (κ2) is 9.23. The zero-order chi connectivity index (χ0) is 18.1. The monoisotopic (exact) mass is 322 g/mol. The molecule has 0 bridgehead atoms. The molecule has 0 rings (SSSR count). The molecule has 0 aromatic rings. The van der Waals surface area contributed by atoms with E-state index in [4.69, 9.17) is 14.5 Å². The predicted octanol–water partition coefficient (Wildman–Crippen LogP) is 5.73. The first-order chi connectivity index (χ1) is 10.5. The highest BCUT2D eigenvalue weighted by Gasteiger charge is 2.33. The first-order valence-corrected chi connectivity index (χ1v) is 7.66. The van der Waals surface area contributed by atoms with Crippen molar-refractivity contribution < 1.29 is 19.3 Å². The fourth-order valence-corrected chi connectivity index (χ4v) is 1.69.